The number of carboxylic acids is 2. The van der Waals surface area contributed by atoms with E-state index >= 15 is 0 Å². The van der Waals surface area contributed by atoms with Gasteiger partial charge < -0.3 is 10.2 Å². The molecule has 0 saturated heterocycles. The van der Waals surface area contributed by atoms with Crippen LogP contribution in [0.5, 0.6) is 0 Å². The summed E-state index contributed by atoms with van der Waals surface area (Å²) in [7, 11) is 0. The molecule has 0 saturated carbocycles. The van der Waals surface area contributed by atoms with Gasteiger partial charge in [-0.2, -0.15) is 0 Å². The molecule has 0 heterocycles. The standard InChI is InChI=1S/C22H22O4/c1-15(21(23)24)12-18-7-5-6-17(14-18)10-11-19-8-3-4-9-20(19)13-16(2)22(25)26/h3-9,12-14H,10-11H2,1-2H3,(H,23,24)(H,25,26). The minimum absolute atomic E-state index is 0.293. The molecule has 0 spiro atoms. The van der Waals surface area contributed by atoms with Gasteiger partial charge in [0, 0.05) is 11.1 Å². The maximum absolute atomic E-state index is 11.1. The first-order chi connectivity index (χ1) is 12.4. The third-order valence-electron chi connectivity index (χ3n) is 4.12. The zero-order chi connectivity index (χ0) is 19.1. The molecule has 0 fully saturated rings. The molecule has 2 aromatic rings. The van der Waals surface area contributed by atoms with Crippen LogP contribution in [0.15, 0.2) is 59.7 Å². The van der Waals surface area contributed by atoms with E-state index in [0.717, 1.165) is 35.1 Å². The van der Waals surface area contributed by atoms with Crippen LogP contribution < -0.4 is 0 Å². The molecule has 0 unspecified atom stereocenters. The molecule has 4 nitrogen and oxygen atoms in total. The topological polar surface area (TPSA) is 74.6 Å². The number of hydrogen-bond donors (Lipinski definition) is 2. The van der Waals surface area contributed by atoms with Gasteiger partial charge in [0.1, 0.15) is 0 Å². The van der Waals surface area contributed by atoms with Gasteiger partial charge in [0.15, 0.2) is 0 Å². The van der Waals surface area contributed by atoms with Crippen molar-refractivity contribution in [3.05, 3.63) is 81.9 Å². The Labute approximate surface area is 153 Å². The molecular formula is C22H22O4. The van der Waals surface area contributed by atoms with Gasteiger partial charge in [-0.25, -0.2) is 9.59 Å². The van der Waals surface area contributed by atoms with E-state index in [1.54, 1.807) is 26.0 Å². The Balaban J connectivity index is 2.18. The van der Waals surface area contributed by atoms with Crippen LogP contribution in [0.25, 0.3) is 12.2 Å². The fourth-order valence-corrected chi connectivity index (χ4v) is 2.63. The number of carbonyl (C=O) groups is 2. The number of benzene rings is 2. The second-order valence-electron chi connectivity index (χ2n) is 6.21. The Hall–Kier alpha value is -3.14. The fraction of sp³-hybridized carbons (Fsp3) is 0.182. The number of carboxylic acid groups (broad SMARTS) is 2. The van der Waals surface area contributed by atoms with Crippen LogP contribution in [-0.2, 0) is 22.4 Å². The molecule has 0 aliphatic carbocycles. The van der Waals surface area contributed by atoms with Gasteiger partial charge in [-0.1, -0.05) is 48.5 Å². The molecule has 0 atom stereocenters. The molecule has 134 valence electrons. The molecule has 0 aromatic heterocycles. The smallest absolute Gasteiger partial charge is 0.331 e. The van der Waals surface area contributed by atoms with Gasteiger partial charge in [-0.3, -0.25) is 0 Å². The lowest BCUT2D eigenvalue weighted by Gasteiger charge is -2.08. The van der Waals surface area contributed by atoms with Gasteiger partial charge in [0.05, 0.1) is 0 Å². The minimum atomic E-state index is -0.926. The molecule has 0 aliphatic rings. The Morgan fingerprint density at radius 1 is 0.846 bits per heavy atom. The number of aryl methyl sites for hydroxylation is 2. The van der Waals surface area contributed by atoms with Crippen LogP contribution in [0.1, 0.15) is 36.1 Å². The maximum Gasteiger partial charge on any atom is 0.331 e. The van der Waals surface area contributed by atoms with Gasteiger partial charge in [0.2, 0.25) is 0 Å². The van der Waals surface area contributed by atoms with Crippen LogP contribution in [0.3, 0.4) is 0 Å². The third-order valence-corrected chi connectivity index (χ3v) is 4.12. The van der Waals surface area contributed by atoms with E-state index in [1.165, 1.54) is 0 Å². The Bertz CT molecular complexity index is 875. The summed E-state index contributed by atoms with van der Waals surface area (Å²) in [5, 5.41) is 18.1. The summed E-state index contributed by atoms with van der Waals surface area (Å²) in [6.07, 6.45) is 4.89. The first kappa shape index (κ1) is 19.2. The van der Waals surface area contributed by atoms with Crippen LogP contribution in [0.4, 0.5) is 0 Å². The quantitative estimate of drug-likeness (QED) is 0.724. The summed E-state index contributed by atoms with van der Waals surface area (Å²) in [6, 6.07) is 15.5. The van der Waals surface area contributed by atoms with E-state index in [2.05, 4.69) is 0 Å². The highest BCUT2D eigenvalue weighted by atomic mass is 16.4. The van der Waals surface area contributed by atoms with Crippen molar-refractivity contribution >= 4 is 24.1 Å². The van der Waals surface area contributed by atoms with E-state index in [1.807, 2.05) is 48.5 Å². The van der Waals surface area contributed by atoms with E-state index in [4.69, 9.17) is 10.2 Å². The zero-order valence-electron chi connectivity index (χ0n) is 14.9. The van der Waals surface area contributed by atoms with Crippen molar-refractivity contribution in [2.24, 2.45) is 0 Å². The molecule has 26 heavy (non-hydrogen) atoms. The summed E-state index contributed by atoms with van der Waals surface area (Å²) in [6.45, 7) is 3.15. The molecule has 0 aliphatic heterocycles. The van der Waals surface area contributed by atoms with Crippen molar-refractivity contribution in [2.75, 3.05) is 0 Å². The minimum Gasteiger partial charge on any atom is -0.478 e. The van der Waals surface area contributed by atoms with Crippen LogP contribution >= 0.6 is 0 Å². The van der Waals surface area contributed by atoms with Crippen molar-refractivity contribution < 1.29 is 19.8 Å². The van der Waals surface area contributed by atoms with Gasteiger partial charge in [0.25, 0.3) is 0 Å². The monoisotopic (exact) mass is 350 g/mol. The predicted molar refractivity (Wildman–Crippen MR) is 103 cm³/mol. The molecule has 0 radical (unpaired) electrons. The molecule has 2 aromatic carbocycles. The van der Waals surface area contributed by atoms with Crippen molar-refractivity contribution in [3.63, 3.8) is 0 Å². The lowest BCUT2D eigenvalue weighted by molar-refractivity contribution is -0.133. The molecule has 0 bridgehead atoms. The highest BCUT2D eigenvalue weighted by Gasteiger charge is 2.05. The Morgan fingerprint density at radius 3 is 2.19 bits per heavy atom. The van der Waals surface area contributed by atoms with E-state index in [9.17, 15) is 9.59 Å². The second-order valence-corrected chi connectivity index (χ2v) is 6.21. The van der Waals surface area contributed by atoms with Crippen molar-refractivity contribution in [2.45, 2.75) is 26.7 Å². The molecule has 2 N–H and O–H groups in total. The average Bonchev–Trinajstić information content (AvgIpc) is 2.61. The summed E-state index contributed by atoms with van der Waals surface area (Å²) in [4.78, 5) is 22.0. The predicted octanol–water partition coefficient (Wildman–Crippen LogP) is 4.45. The SMILES string of the molecule is CC(=Cc1cccc(CCc2ccccc2C=C(C)C(=O)O)c1)C(=O)O. The summed E-state index contributed by atoms with van der Waals surface area (Å²) in [5.41, 5.74) is 4.54. The second kappa shape index (κ2) is 8.81. The number of aliphatic carboxylic acids is 2. The highest BCUT2D eigenvalue weighted by Crippen LogP contribution is 2.17. The Morgan fingerprint density at radius 2 is 1.50 bits per heavy atom. The molecule has 2 rings (SSSR count). The molecular weight excluding hydrogens is 328 g/mol. The van der Waals surface area contributed by atoms with Crippen molar-refractivity contribution in [1.82, 2.24) is 0 Å². The lowest BCUT2D eigenvalue weighted by Crippen LogP contribution is -1.98. The average molecular weight is 350 g/mol. The summed E-state index contributed by atoms with van der Waals surface area (Å²) >= 11 is 0. The van der Waals surface area contributed by atoms with Crippen molar-refractivity contribution in [1.29, 1.82) is 0 Å². The van der Waals surface area contributed by atoms with E-state index in [-0.39, 0.29) is 0 Å². The first-order valence-electron chi connectivity index (χ1n) is 8.37. The van der Waals surface area contributed by atoms with Crippen LogP contribution in [0.2, 0.25) is 0 Å². The van der Waals surface area contributed by atoms with E-state index in [0.29, 0.717) is 11.1 Å². The first-order valence-corrected chi connectivity index (χ1v) is 8.37. The van der Waals surface area contributed by atoms with Gasteiger partial charge in [-0.05, 0) is 61.1 Å². The van der Waals surface area contributed by atoms with Gasteiger partial charge >= 0.3 is 11.9 Å². The number of hydrogen-bond acceptors (Lipinski definition) is 2. The summed E-state index contributed by atoms with van der Waals surface area (Å²) < 4.78 is 0. The molecule has 0 amide bonds. The lowest BCUT2D eigenvalue weighted by atomic mass is 9.97. The highest BCUT2D eigenvalue weighted by molar-refractivity contribution is 5.92. The van der Waals surface area contributed by atoms with Gasteiger partial charge in [-0.15, -0.1) is 0 Å². The fourth-order valence-electron chi connectivity index (χ4n) is 2.63. The third kappa shape index (κ3) is 5.45. The maximum atomic E-state index is 11.1. The van der Waals surface area contributed by atoms with Crippen LogP contribution in [0, 0.1) is 0 Å². The van der Waals surface area contributed by atoms with Crippen LogP contribution in [-0.4, -0.2) is 22.2 Å². The normalized spacial score (nSPS) is 12.1. The van der Waals surface area contributed by atoms with Crippen molar-refractivity contribution in [3.8, 4) is 0 Å². The molecule has 4 heteroatoms. The zero-order valence-corrected chi connectivity index (χ0v) is 14.9. The largest absolute Gasteiger partial charge is 0.478 e. The summed E-state index contributed by atoms with van der Waals surface area (Å²) in [5.74, 6) is -1.85. The number of rotatable bonds is 7. The Kier molecular flexibility index (Phi) is 6.50. The van der Waals surface area contributed by atoms with E-state index < -0.39 is 11.9 Å².